The number of benzene rings is 1. The Morgan fingerprint density at radius 2 is 1.89 bits per heavy atom. The highest BCUT2D eigenvalue weighted by Gasteiger charge is 2.47. The van der Waals surface area contributed by atoms with Crippen LogP contribution in [0.25, 0.3) is 0 Å². The van der Waals surface area contributed by atoms with Gasteiger partial charge in [-0.15, -0.1) is 0 Å². The van der Waals surface area contributed by atoms with Crippen molar-refractivity contribution in [2.45, 2.75) is 63.6 Å². The van der Waals surface area contributed by atoms with Crippen LogP contribution in [-0.2, 0) is 14.3 Å². The first kappa shape index (κ1) is 17.9. The maximum atomic E-state index is 12.5. The highest BCUT2D eigenvalue weighted by Crippen LogP contribution is 2.44. The molecule has 0 radical (unpaired) electrons. The Kier molecular flexibility index (Phi) is 4.36. The highest BCUT2D eigenvalue weighted by atomic mass is 16.6. The number of rotatable bonds is 4. The number of esters is 1. The molecule has 1 aliphatic carbocycles. The molecule has 3 aliphatic rings. The van der Waals surface area contributed by atoms with Crippen LogP contribution in [-0.4, -0.2) is 30.7 Å². The lowest BCUT2D eigenvalue weighted by molar-refractivity contribution is -0.144. The molecule has 1 N–H and O–H groups in total. The van der Waals surface area contributed by atoms with Crippen molar-refractivity contribution in [3.63, 3.8) is 0 Å². The van der Waals surface area contributed by atoms with Crippen LogP contribution in [0, 0.1) is 0 Å². The molecule has 1 unspecified atom stereocenters. The molecule has 0 bridgehead atoms. The van der Waals surface area contributed by atoms with Gasteiger partial charge >= 0.3 is 5.97 Å². The number of amides is 1. The van der Waals surface area contributed by atoms with Crippen molar-refractivity contribution in [2.24, 2.45) is 0 Å². The molecular weight excluding hydrogens is 346 g/mol. The summed E-state index contributed by atoms with van der Waals surface area (Å²) in [5.41, 5.74) is 1.15. The summed E-state index contributed by atoms with van der Waals surface area (Å²) in [5.74, 6) is 0.503. The van der Waals surface area contributed by atoms with Gasteiger partial charge < -0.3 is 19.5 Å². The van der Waals surface area contributed by atoms with Crippen molar-refractivity contribution >= 4 is 11.9 Å². The maximum absolute atomic E-state index is 12.5. The first-order valence-electron chi connectivity index (χ1n) is 9.51. The van der Waals surface area contributed by atoms with E-state index < -0.39 is 5.60 Å². The van der Waals surface area contributed by atoms with E-state index in [0.29, 0.717) is 22.8 Å². The van der Waals surface area contributed by atoms with E-state index in [4.69, 9.17) is 14.2 Å². The Morgan fingerprint density at radius 3 is 2.59 bits per heavy atom. The van der Waals surface area contributed by atoms with Crippen LogP contribution in [0.1, 0.15) is 57.4 Å². The predicted octanol–water partition coefficient (Wildman–Crippen LogP) is 3.21. The van der Waals surface area contributed by atoms with Gasteiger partial charge in [-0.1, -0.05) is 6.07 Å². The minimum Gasteiger partial charge on any atom is -0.493 e. The van der Waals surface area contributed by atoms with Crippen molar-refractivity contribution in [3.8, 4) is 11.5 Å². The highest BCUT2D eigenvalue weighted by molar-refractivity contribution is 5.99. The summed E-state index contributed by atoms with van der Waals surface area (Å²) in [5, 5.41) is 2.83. The first-order valence-corrected chi connectivity index (χ1v) is 9.51. The number of cyclic esters (lactones) is 1. The fourth-order valence-electron chi connectivity index (χ4n) is 4.25. The SMILES string of the molecule is COc1ccc(C2CC(=O)NC3=C2C(=O)OC3(C)C)cc1OC1CCCC1. The second-order valence-electron chi connectivity index (χ2n) is 7.93. The molecule has 1 fully saturated rings. The van der Waals surface area contributed by atoms with E-state index in [-0.39, 0.29) is 30.3 Å². The Balaban J connectivity index is 1.72. The first-order chi connectivity index (χ1) is 12.9. The number of carbonyl (C=O) groups excluding carboxylic acids is 2. The monoisotopic (exact) mass is 371 g/mol. The van der Waals surface area contributed by atoms with Crippen LogP contribution in [0.3, 0.4) is 0 Å². The minimum absolute atomic E-state index is 0.112. The summed E-state index contributed by atoms with van der Waals surface area (Å²) in [6.07, 6.45) is 4.82. The standard InChI is InChI=1S/C21H25NO5/c1-21(2)19-18(20(24)27-21)14(11-17(23)22-19)12-8-9-15(25-3)16(10-12)26-13-6-4-5-7-13/h8-10,13-14H,4-7,11H2,1-3H3,(H,22,23). The van der Waals surface area contributed by atoms with E-state index in [1.54, 1.807) is 21.0 Å². The Labute approximate surface area is 158 Å². The topological polar surface area (TPSA) is 73.9 Å². The van der Waals surface area contributed by atoms with Crippen LogP contribution in [0.2, 0.25) is 0 Å². The largest absolute Gasteiger partial charge is 0.493 e. The molecule has 6 heteroatoms. The minimum atomic E-state index is -0.823. The number of methoxy groups -OCH3 is 1. The lowest BCUT2D eigenvalue weighted by Gasteiger charge is -2.27. The van der Waals surface area contributed by atoms with Gasteiger partial charge in [-0.25, -0.2) is 4.79 Å². The third-order valence-corrected chi connectivity index (χ3v) is 5.63. The van der Waals surface area contributed by atoms with Crippen LogP contribution < -0.4 is 14.8 Å². The maximum Gasteiger partial charge on any atom is 0.337 e. The molecule has 144 valence electrons. The lowest BCUT2D eigenvalue weighted by Crippen LogP contribution is -2.38. The van der Waals surface area contributed by atoms with Gasteiger partial charge in [0.1, 0.15) is 5.60 Å². The molecule has 2 aliphatic heterocycles. The van der Waals surface area contributed by atoms with E-state index in [1.165, 1.54) is 12.8 Å². The number of hydrogen-bond acceptors (Lipinski definition) is 5. The molecule has 27 heavy (non-hydrogen) atoms. The fraction of sp³-hybridized carbons (Fsp3) is 0.524. The second kappa shape index (κ2) is 6.59. The molecule has 6 nitrogen and oxygen atoms in total. The van der Waals surface area contributed by atoms with Crippen molar-refractivity contribution < 1.29 is 23.8 Å². The number of carbonyl (C=O) groups is 2. The van der Waals surface area contributed by atoms with Gasteiger partial charge in [0.25, 0.3) is 0 Å². The summed E-state index contributed by atoms with van der Waals surface area (Å²) in [4.78, 5) is 24.8. The van der Waals surface area contributed by atoms with Gasteiger partial charge in [0, 0.05) is 12.3 Å². The van der Waals surface area contributed by atoms with E-state index in [0.717, 1.165) is 18.4 Å². The Morgan fingerprint density at radius 1 is 1.15 bits per heavy atom. The molecule has 1 atom stereocenters. The quantitative estimate of drug-likeness (QED) is 0.823. The summed E-state index contributed by atoms with van der Waals surface area (Å²) in [6, 6.07) is 5.65. The lowest BCUT2D eigenvalue weighted by atomic mass is 9.82. The van der Waals surface area contributed by atoms with Gasteiger partial charge in [-0.05, 0) is 57.2 Å². The van der Waals surface area contributed by atoms with Crippen LogP contribution in [0.4, 0.5) is 0 Å². The van der Waals surface area contributed by atoms with Crippen molar-refractivity contribution in [1.29, 1.82) is 0 Å². The molecule has 1 aromatic carbocycles. The molecule has 1 saturated carbocycles. The smallest absolute Gasteiger partial charge is 0.337 e. The molecule has 1 aromatic rings. The van der Waals surface area contributed by atoms with E-state index >= 15 is 0 Å². The molecule has 0 aromatic heterocycles. The summed E-state index contributed by atoms with van der Waals surface area (Å²) < 4.78 is 17.1. The third kappa shape index (κ3) is 3.17. The van der Waals surface area contributed by atoms with Crippen LogP contribution in [0.5, 0.6) is 11.5 Å². The normalized spacial score (nSPS) is 24.5. The molecule has 2 heterocycles. The molecule has 0 spiro atoms. The number of hydrogen-bond donors (Lipinski definition) is 1. The molecule has 1 amide bonds. The second-order valence-corrected chi connectivity index (χ2v) is 7.93. The summed E-state index contributed by atoms with van der Waals surface area (Å²) in [6.45, 7) is 3.58. The number of nitrogens with one attached hydrogen (secondary N) is 1. The molecule has 0 saturated heterocycles. The van der Waals surface area contributed by atoms with Gasteiger partial charge in [0.2, 0.25) is 5.91 Å². The fourth-order valence-corrected chi connectivity index (χ4v) is 4.25. The Hall–Kier alpha value is -2.50. The summed E-state index contributed by atoms with van der Waals surface area (Å²) >= 11 is 0. The number of ether oxygens (including phenoxy) is 3. The third-order valence-electron chi connectivity index (χ3n) is 5.63. The summed E-state index contributed by atoms with van der Waals surface area (Å²) in [7, 11) is 1.61. The average molecular weight is 371 g/mol. The predicted molar refractivity (Wildman–Crippen MR) is 98.6 cm³/mol. The molecular formula is C21H25NO5. The van der Waals surface area contributed by atoms with Crippen molar-refractivity contribution in [3.05, 3.63) is 35.0 Å². The van der Waals surface area contributed by atoms with E-state index in [9.17, 15) is 9.59 Å². The van der Waals surface area contributed by atoms with Crippen molar-refractivity contribution in [1.82, 2.24) is 5.32 Å². The Bertz CT molecular complexity index is 820. The zero-order valence-corrected chi connectivity index (χ0v) is 16.0. The molecule has 4 rings (SSSR count). The van der Waals surface area contributed by atoms with Crippen LogP contribution in [0.15, 0.2) is 29.5 Å². The van der Waals surface area contributed by atoms with Gasteiger partial charge in [-0.2, -0.15) is 0 Å². The van der Waals surface area contributed by atoms with Gasteiger partial charge in [0.15, 0.2) is 11.5 Å². The van der Waals surface area contributed by atoms with Gasteiger partial charge in [0.05, 0.1) is 24.5 Å². The van der Waals surface area contributed by atoms with Gasteiger partial charge in [-0.3, -0.25) is 4.79 Å². The van der Waals surface area contributed by atoms with E-state index in [2.05, 4.69) is 5.32 Å². The average Bonchev–Trinajstić information content (AvgIpc) is 3.20. The van der Waals surface area contributed by atoms with Crippen LogP contribution >= 0.6 is 0 Å². The van der Waals surface area contributed by atoms with E-state index in [1.807, 2.05) is 18.2 Å². The van der Waals surface area contributed by atoms with Crippen molar-refractivity contribution in [2.75, 3.05) is 7.11 Å². The zero-order valence-electron chi connectivity index (χ0n) is 16.0. The zero-order chi connectivity index (χ0) is 19.2.